The van der Waals surface area contributed by atoms with Gasteiger partial charge in [-0.05, 0) is 42.2 Å². The number of methoxy groups -OCH3 is 1. The molecule has 0 fully saturated rings. The van der Waals surface area contributed by atoms with E-state index in [0.29, 0.717) is 18.5 Å². The van der Waals surface area contributed by atoms with E-state index < -0.39 is 0 Å². The van der Waals surface area contributed by atoms with E-state index in [-0.39, 0.29) is 5.91 Å². The van der Waals surface area contributed by atoms with Gasteiger partial charge in [-0.2, -0.15) is 0 Å². The molecule has 0 aromatic heterocycles. The molecule has 0 spiro atoms. The lowest BCUT2D eigenvalue weighted by atomic mass is 10.1. The molecule has 1 N–H and O–H groups in total. The Morgan fingerprint density at radius 3 is 2.68 bits per heavy atom. The molecule has 2 rings (SSSR count). The molecule has 0 saturated carbocycles. The Bertz CT molecular complexity index is 635. The first-order valence-corrected chi connectivity index (χ1v) is 7.34. The highest BCUT2D eigenvalue weighted by Gasteiger charge is 2.09. The lowest BCUT2D eigenvalue weighted by Gasteiger charge is -2.10. The van der Waals surface area contributed by atoms with E-state index in [0.717, 1.165) is 17.7 Å². The molecule has 2 aromatic carbocycles. The second-order valence-corrected chi connectivity index (χ2v) is 5.01. The maximum absolute atomic E-state index is 12.2. The second-order valence-electron chi connectivity index (χ2n) is 5.01. The number of hydrogen-bond acceptors (Lipinski definition) is 2. The van der Waals surface area contributed by atoms with Crippen molar-refractivity contribution in [3.8, 4) is 5.75 Å². The summed E-state index contributed by atoms with van der Waals surface area (Å²) in [6, 6.07) is 15.6. The van der Waals surface area contributed by atoms with Crippen molar-refractivity contribution in [1.82, 2.24) is 5.32 Å². The number of ether oxygens (including phenoxy) is 1. The van der Waals surface area contributed by atoms with Crippen molar-refractivity contribution in [2.24, 2.45) is 0 Å². The molecule has 0 bridgehead atoms. The smallest absolute Gasteiger partial charge is 0.251 e. The maximum Gasteiger partial charge on any atom is 0.251 e. The van der Waals surface area contributed by atoms with Crippen molar-refractivity contribution in [2.45, 2.75) is 12.8 Å². The molecular weight excluding hydrogens is 274 g/mol. The van der Waals surface area contributed by atoms with Crippen LogP contribution < -0.4 is 10.1 Å². The van der Waals surface area contributed by atoms with E-state index in [1.165, 1.54) is 5.56 Å². The first kappa shape index (κ1) is 15.8. The molecule has 0 atom stereocenters. The fourth-order valence-electron chi connectivity index (χ4n) is 2.30. The van der Waals surface area contributed by atoms with Crippen molar-refractivity contribution in [3.63, 3.8) is 0 Å². The summed E-state index contributed by atoms with van der Waals surface area (Å²) in [5, 5.41) is 2.95. The zero-order chi connectivity index (χ0) is 15.8. The predicted molar refractivity (Wildman–Crippen MR) is 89.4 cm³/mol. The maximum atomic E-state index is 12.2. The van der Waals surface area contributed by atoms with Gasteiger partial charge in [0.1, 0.15) is 5.75 Å². The normalized spacial score (nSPS) is 10.0. The van der Waals surface area contributed by atoms with Crippen LogP contribution in [0.1, 0.15) is 21.5 Å². The minimum atomic E-state index is -0.0658. The summed E-state index contributed by atoms with van der Waals surface area (Å²) in [7, 11) is 1.63. The Morgan fingerprint density at radius 1 is 1.23 bits per heavy atom. The molecule has 22 heavy (non-hydrogen) atoms. The first-order chi connectivity index (χ1) is 10.7. The summed E-state index contributed by atoms with van der Waals surface area (Å²) in [6.45, 7) is 4.35. The van der Waals surface area contributed by atoms with Gasteiger partial charge in [0.05, 0.1) is 7.11 Å². The number of carbonyl (C=O) groups excluding carboxylic acids is 1. The lowest BCUT2D eigenvalue weighted by Crippen LogP contribution is -2.25. The number of nitrogens with one attached hydrogen (secondary N) is 1. The quantitative estimate of drug-likeness (QED) is 0.795. The molecule has 0 aliphatic heterocycles. The number of amides is 1. The summed E-state index contributed by atoms with van der Waals surface area (Å²) < 4.78 is 5.29. The van der Waals surface area contributed by atoms with Crippen LogP contribution in [0.4, 0.5) is 0 Å². The summed E-state index contributed by atoms with van der Waals surface area (Å²) in [4.78, 5) is 12.2. The number of rotatable bonds is 7. The van der Waals surface area contributed by atoms with E-state index in [1.54, 1.807) is 19.3 Å². The molecule has 1 amide bonds. The highest BCUT2D eigenvalue weighted by atomic mass is 16.5. The van der Waals surface area contributed by atoms with Gasteiger partial charge in [-0.25, -0.2) is 0 Å². The van der Waals surface area contributed by atoms with Gasteiger partial charge < -0.3 is 10.1 Å². The summed E-state index contributed by atoms with van der Waals surface area (Å²) in [6.07, 6.45) is 3.30. The molecule has 0 aliphatic rings. The van der Waals surface area contributed by atoms with Crippen LogP contribution in [0.25, 0.3) is 0 Å². The minimum absolute atomic E-state index is 0.0658. The van der Waals surface area contributed by atoms with Crippen LogP contribution in [0.3, 0.4) is 0 Å². The Balaban J connectivity index is 1.97. The van der Waals surface area contributed by atoms with E-state index in [9.17, 15) is 4.79 Å². The number of benzene rings is 2. The second kappa shape index (κ2) is 8.03. The molecule has 114 valence electrons. The van der Waals surface area contributed by atoms with Crippen LogP contribution in [0, 0.1) is 0 Å². The van der Waals surface area contributed by atoms with Crippen LogP contribution in [-0.2, 0) is 12.8 Å². The Hall–Kier alpha value is -2.55. The fraction of sp³-hybridized carbons (Fsp3) is 0.211. The van der Waals surface area contributed by atoms with Crippen molar-refractivity contribution in [1.29, 1.82) is 0 Å². The third kappa shape index (κ3) is 4.22. The van der Waals surface area contributed by atoms with Gasteiger partial charge in [0.2, 0.25) is 0 Å². The Morgan fingerprint density at radius 2 is 2.00 bits per heavy atom. The SMILES string of the molecule is C=CCc1cc(C(=O)NCCc2ccccc2)ccc1OC. The minimum Gasteiger partial charge on any atom is -0.496 e. The van der Waals surface area contributed by atoms with Crippen LogP contribution in [0.5, 0.6) is 5.75 Å². The molecule has 0 saturated heterocycles. The Kier molecular flexibility index (Phi) is 5.78. The molecule has 0 aliphatic carbocycles. The van der Waals surface area contributed by atoms with Crippen LogP contribution in [0.2, 0.25) is 0 Å². The number of hydrogen-bond donors (Lipinski definition) is 1. The van der Waals surface area contributed by atoms with Gasteiger partial charge in [-0.3, -0.25) is 4.79 Å². The van der Waals surface area contributed by atoms with Crippen molar-refractivity contribution in [3.05, 3.63) is 77.9 Å². The average Bonchev–Trinajstić information content (AvgIpc) is 2.56. The molecule has 3 nitrogen and oxygen atoms in total. The third-order valence-electron chi connectivity index (χ3n) is 3.45. The Labute approximate surface area is 131 Å². The number of allylic oxidation sites excluding steroid dienone is 1. The van der Waals surface area contributed by atoms with E-state index in [2.05, 4.69) is 24.0 Å². The topological polar surface area (TPSA) is 38.3 Å². The van der Waals surface area contributed by atoms with Gasteiger partial charge >= 0.3 is 0 Å². The van der Waals surface area contributed by atoms with E-state index in [4.69, 9.17) is 4.74 Å². The largest absolute Gasteiger partial charge is 0.496 e. The standard InChI is InChI=1S/C19H21NO2/c1-3-7-16-14-17(10-11-18(16)22-2)19(21)20-13-12-15-8-5-4-6-9-15/h3-6,8-11,14H,1,7,12-13H2,2H3,(H,20,21). The van der Waals surface area contributed by atoms with Gasteiger partial charge in [0.25, 0.3) is 5.91 Å². The number of carbonyl (C=O) groups is 1. The molecule has 2 aromatic rings. The van der Waals surface area contributed by atoms with Crippen LogP contribution in [0.15, 0.2) is 61.2 Å². The summed E-state index contributed by atoms with van der Waals surface area (Å²) >= 11 is 0. The average molecular weight is 295 g/mol. The molecule has 0 unspecified atom stereocenters. The van der Waals surface area contributed by atoms with Crippen molar-refractivity contribution < 1.29 is 9.53 Å². The summed E-state index contributed by atoms with van der Waals surface area (Å²) in [5.74, 6) is 0.713. The van der Waals surface area contributed by atoms with Crippen LogP contribution >= 0.6 is 0 Å². The van der Waals surface area contributed by atoms with Crippen LogP contribution in [-0.4, -0.2) is 19.6 Å². The van der Waals surface area contributed by atoms with Crippen molar-refractivity contribution in [2.75, 3.05) is 13.7 Å². The fourth-order valence-corrected chi connectivity index (χ4v) is 2.30. The predicted octanol–water partition coefficient (Wildman–Crippen LogP) is 3.40. The lowest BCUT2D eigenvalue weighted by molar-refractivity contribution is 0.0954. The zero-order valence-corrected chi connectivity index (χ0v) is 12.8. The van der Waals surface area contributed by atoms with Gasteiger partial charge in [-0.1, -0.05) is 36.4 Å². The van der Waals surface area contributed by atoms with Gasteiger partial charge in [0, 0.05) is 12.1 Å². The van der Waals surface area contributed by atoms with E-state index >= 15 is 0 Å². The summed E-state index contributed by atoms with van der Waals surface area (Å²) in [5.41, 5.74) is 2.82. The highest BCUT2D eigenvalue weighted by Crippen LogP contribution is 2.20. The monoisotopic (exact) mass is 295 g/mol. The molecule has 3 heteroatoms. The molecule has 0 radical (unpaired) electrons. The van der Waals surface area contributed by atoms with Crippen molar-refractivity contribution >= 4 is 5.91 Å². The van der Waals surface area contributed by atoms with Gasteiger partial charge in [-0.15, -0.1) is 6.58 Å². The van der Waals surface area contributed by atoms with E-state index in [1.807, 2.05) is 30.3 Å². The first-order valence-electron chi connectivity index (χ1n) is 7.34. The zero-order valence-electron chi connectivity index (χ0n) is 12.8. The highest BCUT2D eigenvalue weighted by molar-refractivity contribution is 5.94. The third-order valence-corrected chi connectivity index (χ3v) is 3.45. The van der Waals surface area contributed by atoms with Gasteiger partial charge in [0.15, 0.2) is 0 Å². The molecular formula is C19H21NO2. The molecule has 0 heterocycles.